The van der Waals surface area contributed by atoms with Gasteiger partial charge in [0.2, 0.25) is 0 Å². The summed E-state index contributed by atoms with van der Waals surface area (Å²) in [5, 5.41) is 3.98. The van der Waals surface area contributed by atoms with E-state index in [0.29, 0.717) is 11.7 Å². The van der Waals surface area contributed by atoms with Gasteiger partial charge in [0.15, 0.2) is 5.82 Å². The van der Waals surface area contributed by atoms with Gasteiger partial charge in [-0.1, -0.05) is 19.0 Å². The van der Waals surface area contributed by atoms with Gasteiger partial charge < -0.3 is 10.3 Å². The molecule has 0 fully saturated rings. The van der Waals surface area contributed by atoms with Gasteiger partial charge in [-0.3, -0.25) is 4.98 Å². The summed E-state index contributed by atoms with van der Waals surface area (Å²) in [5.74, 6) is 0.984. The molecular formula is C12H15BrN4O. The predicted molar refractivity (Wildman–Crippen MR) is 71.7 cm³/mol. The predicted octanol–water partition coefficient (Wildman–Crippen LogP) is 2.87. The molecule has 0 spiro atoms. The van der Waals surface area contributed by atoms with Crippen LogP contribution in [0.2, 0.25) is 0 Å². The van der Waals surface area contributed by atoms with Gasteiger partial charge in [-0.05, 0) is 34.8 Å². The molecule has 0 aliphatic carbocycles. The van der Waals surface area contributed by atoms with Gasteiger partial charge >= 0.3 is 0 Å². The van der Waals surface area contributed by atoms with Crippen molar-refractivity contribution < 1.29 is 4.52 Å². The first-order valence-corrected chi connectivity index (χ1v) is 6.62. The molecule has 0 atom stereocenters. The maximum absolute atomic E-state index is 6.23. The molecule has 0 bridgehead atoms. The fourth-order valence-corrected chi connectivity index (χ4v) is 2.00. The Kier molecular flexibility index (Phi) is 3.77. The van der Waals surface area contributed by atoms with E-state index in [1.807, 2.05) is 19.9 Å². The molecule has 0 aliphatic heterocycles. The standard InChI is InChI=1S/C12H15BrN4O/c1-3-12(14,4-2)11-16-10(18-17-11)8-5-9(13)7-15-6-8/h5-7H,3-4,14H2,1-2H3. The smallest absolute Gasteiger partial charge is 0.259 e. The fraction of sp³-hybridized carbons (Fsp3) is 0.417. The van der Waals surface area contributed by atoms with Gasteiger partial charge in [0.05, 0.1) is 11.1 Å². The number of aromatic nitrogens is 3. The molecule has 0 unspecified atom stereocenters. The first kappa shape index (κ1) is 13.2. The van der Waals surface area contributed by atoms with E-state index >= 15 is 0 Å². The first-order chi connectivity index (χ1) is 8.59. The van der Waals surface area contributed by atoms with Crippen LogP contribution in [0.1, 0.15) is 32.5 Å². The quantitative estimate of drug-likeness (QED) is 0.939. The summed E-state index contributed by atoms with van der Waals surface area (Å²) in [7, 11) is 0. The lowest BCUT2D eigenvalue weighted by atomic mass is 9.93. The van der Waals surface area contributed by atoms with Crippen molar-refractivity contribution in [2.45, 2.75) is 32.2 Å². The van der Waals surface area contributed by atoms with E-state index in [2.05, 4.69) is 31.1 Å². The lowest BCUT2D eigenvalue weighted by Gasteiger charge is -2.21. The van der Waals surface area contributed by atoms with Crippen LogP contribution >= 0.6 is 15.9 Å². The molecule has 5 nitrogen and oxygen atoms in total. The van der Waals surface area contributed by atoms with Crippen LogP contribution in [0, 0.1) is 0 Å². The van der Waals surface area contributed by atoms with Crippen LogP contribution in [0.5, 0.6) is 0 Å². The highest BCUT2D eigenvalue weighted by atomic mass is 79.9. The fourth-order valence-electron chi connectivity index (χ4n) is 1.64. The third kappa shape index (κ3) is 2.44. The van der Waals surface area contributed by atoms with Gasteiger partial charge in [-0.15, -0.1) is 0 Å². The van der Waals surface area contributed by atoms with Crippen LogP contribution in [0.3, 0.4) is 0 Å². The van der Waals surface area contributed by atoms with E-state index in [1.165, 1.54) is 0 Å². The Morgan fingerprint density at radius 3 is 2.67 bits per heavy atom. The first-order valence-electron chi connectivity index (χ1n) is 5.83. The monoisotopic (exact) mass is 310 g/mol. The lowest BCUT2D eigenvalue weighted by Crippen LogP contribution is -2.36. The van der Waals surface area contributed by atoms with Crippen molar-refractivity contribution in [3.05, 3.63) is 28.8 Å². The summed E-state index contributed by atoms with van der Waals surface area (Å²) in [6.07, 6.45) is 4.91. The second-order valence-electron chi connectivity index (χ2n) is 4.18. The van der Waals surface area contributed by atoms with Crippen molar-refractivity contribution >= 4 is 15.9 Å². The molecule has 2 aromatic heterocycles. The average molecular weight is 311 g/mol. The molecule has 0 amide bonds. The SMILES string of the molecule is CCC(N)(CC)c1noc(-c2cncc(Br)c2)n1. The lowest BCUT2D eigenvalue weighted by molar-refractivity contribution is 0.350. The molecule has 2 heterocycles. The normalized spacial score (nSPS) is 11.8. The number of pyridine rings is 1. The summed E-state index contributed by atoms with van der Waals surface area (Å²) >= 11 is 3.36. The van der Waals surface area contributed by atoms with Crippen LogP contribution in [-0.4, -0.2) is 15.1 Å². The zero-order chi connectivity index (χ0) is 13.2. The zero-order valence-corrected chi connectivity index (χ0v) is 11.9. The molecule has 2 N–H and O–H groups in total. The van der Waals surface area contributed by atoms with Gasteiger partial charge in [0.1, 0.15) is 0 Å². The van der Waals surface area contributed by atoms with E-state index in [0.717, 1.165) is 22.9 Å². The molecule has 0 saturated heterocycles. The number of nitrogens with zero attached hydrogens (tertiary/aromatic N) is 3. The minimum Gasteiger partial charge on any atom is -0.334 e. The number of hydrogen-bond acceptors (Lipinski definition) is 5. The third-order valence-electron chi connectivity index (χ3n) is 3.08. The van der Waals surface area contributed by atoms with Gasteiger partial charge in [0.25, 0.3) is 5.89 Å². The molecule has 6 heteroatoms. The molecule has 18 heavy (non-hydrogen) atoms. The molecule has 0 aromatic carbocycles. The molecule has 0 aliphatic rings. The van der Waals surface area contributed by atoms with E-state index in [4.69, 9.17) is 10.3 Å². The summed E-state index contributed by atoms with van der Waals surface area (Å²) in [4.78, 5) is 8.44. The van der Waals surface area contributed by atoms with E-state index in [9.17, 15) is 0 Å². The number of hydrogen-bond donors (Lipinski definition) is 1. The second-order valence-corrected chi connectivity index (χ2v) is 5.09. The maximum Gasteiger partial charge on any atom is 0.259 e. The van der Waals surface area contributed by atoms with Crippen LogP contribution in [0.15, 0.2) is 27.5 Å². The topological polar surface area (TPSA) is 77.8 Å². The Hall–Kier alpha value is -1.27. The Bertz CT molecular complexity index is 536. The zero-order valence-electron chi connectivity index (χ0n) is 10.4. The maximum atomic E-state index is 6.23. The highest BCUT2D eigenvalue weighted by Crippen LogP contribution is 2.26. The molecule has 2 rings (SSSR count). The Labute approximate surface area is 114 Å². The number of halogens is 1. The van der Waals surface area contributed by atoms with Crippen molar-refractivity contribution in [1.82, 2.24) is 15.1 Å². The van der Waals surface area contributed by atoms with Gasteiger partial charge in [0, 0.05) is 16.9 Å². The van der Waals surface area contributed by atoms with Crippen molar-refractivity contribution in [2.75, 3.05) is 0 Å². The van der Waals surface area contributed by atoms with E-state index in [-0.39, 0.29) is 0 Å². The Morgan fingerprint density at radius 2 is 2.06 bits per heavy atom. The Morgan fingerprint density at radius 1 is 1.33 bits per heavy atom. The molecular weight excluding hydrogens is 296 g/mol. The van der Waals surface area contributed by atoms with Crippen molar-refractivity contribution in [3.8, 4) is 11.5 Å². The minimum absolute atomic E-state index is 0.440. The minimum atomic E-state index is -0.527. The van der Waals surface area contributed by atoms with Crippen molar-refractivity contribution in [1.29, 1.82) is 0 Å². The molecule has 0 radical (unpaired) electrons. The van der Waals surface area contributed by atoms with Crippen LogP contribution in [-0.2, 0) is 5.54 Å². The van der Waals surface area contributed by atoms with Crippen LogP contribution in [0.25, 0.3) is 11.5 Å². The van der Waals surface area contributed by atoms with E-state index < -0.39 is 5.54 Å². The van der Waals surface area contributed by atoms with Crippen LogP contribution < -0.4 is 5.73 Å². The highest BCUT2D eigenvalue weighted by Gasteiger charge is 2.29. The summed E-state index contributed by atoms with van der Waals surface area (Å²) in [6.45, 7) is 4.03. The number of nitrogens with two attached hydrogens (primary N) is 1. The number of rotatable bonds is 4. The van der Waals surface area contributed by atoms with Gasteiger partial charge in [-0.2, -0.15) is 4.98 Å². The Balaban J connectivity index is 2.36. The van der Waals surface area contributed by atoms with E-state index in [1.54, 1.807) is 12.4 Å². The average Bonchev–Trinajstić information content (AvgIpc) is 2.88. The summed E-state index contributed by atoms with van der Waals surface area (Å²) in [6, 6.07) is 1.88. The van der Waals surface area contributed by atoms with Gasteiger partial charge in [-0.25, -0.2) is 0 Å². The molecule has 0 saturated carbocycles. The highest BCUT2D eigenvalue weighted by molar-refractivity contribution is 9.10. The van der Waals surface area contributed by atoms with Crippen LogP contribution in [0.4, 0.5) is 0 Å². The largest absolute Gasteiger partial charge is 0.334 e. The molecule has 2 aromatic rings. The third-order valence-corrected chi connectivity index (χ3v) is 3.52. The van der Waals surface area contributed by atoms with Crippen molar-refractivity contribution in [2.24, 2.45) is 5.73 Å². The summed E-state index contributed by atoms with van der Waals surface area (Å²) in [5.41, 5.74) is 6.48. The van der Waals surface area contributed by atoms with Crippen molar-refractivity contribution in [3.63, 3.8) is 0 Å². The second kappa shape index (κ2) is 5.16. The molecule has 96 valence electrons. The summed E-state index contributed by atoms with van der Waals surface area (Å²) < 4.78 is 6.12.